The van der Waals surface area contributed by atoms with Crippen LogP contribution in [0.25, 0.3) is 0 Å². The van der Waals surface area contributed by atoms with Crippen molar-refractivity contribution in [1.82, 2.24) is 0 Å². The highest BCUT2D eigenvalue weighted by Gasteiger charge is 2.38. The molecule has 0 spiro atoms. The van der Waals surface area contributed by atoms with Crippen molar-refractivity contribution in [2.45, 2.75) is 76.0 Å². The molecule has 0 unspecified atom stereocenters. The Kier molecular flexibility index (Phi) is 4.00. The van der Waals surface area contributed by atoms with Crippen molar-refractivity contribution in [3.63, 3.8) is 0 Å². The van der Waals surface area contributed by atoms with Crippen LogP contribution < -0.4 is 0 Å². The summed E-state index contributed by atoms with van der Waals surface area (Å²) < 4.78 is 24.0. The maximum atomic E-state index is 12.0. The average molecular weight is 329 g/mol. The summed E-state index contributed by atoms with van der Waals surface area (Å²) in [5.41, 5.74) is 3.28. The lowest BCUT2D eigenvalue weighted by Gasteiger charge is -2.42. The minimum atomic E-state index is -3.73. The van der Waals surface area contributed by atoms with Crippen LogP contribution in [0.5, 0.6) is 0 Å². The van der Waals surface area contributed by atoms with Gasteiger partial charge in [0.1, 0.15) is 0 Å². The van der Waals surface area contributed by atoms with Crippen molar-refractivity contribution < 1.29 is 8.42 Å². The van der Waals surface area contributed by atoms with Gasteiger partial charge in [0, 0.05) is 10.7 Å². The quantitative estimate of drug-likeness (QED) is 0.709. The molecule has 4 heteroatoms. The summed E-state index contributed by atoms with van der Waals surface area (Å²) >= 11 is 0. The van der Waals surface area contributed by atoms with Crippen molar-refractivity contribution in [2.24, 2.45) is 0 Å². The minimum Gasteiger partial charge on any atom is -0.207 e. The molecule has 1 aromatic carbocycles. The van der Waals surface area contributed by atoms with E-state index in [1.165, 1.54) is 5.56 Å². The van der Waals surface area contributed by atoms with E-state index in [2.05, 4.69) is 33.8 Å². The fourth-order valence-corrected chi connectivity index (χ4v) is 4.51. The zero-order valence-corrected chi connectivity index (χ0v) is 15.3. The van der Waals surface area contributed by atoms with E-state index in [0.717, 1.165) is 24.0 Å². The normalized spacial score (nSPS) is 20.4. The molecule has 0 fully saturated rings. The molecule has 118 valence electrons. The first kappa shape index (κ1) is 16.8. The van der Waals surface area contributed by atoms with Crippen LogP contribution in [-0.2, 0) is 19.9 Å². The van der Waals surface area contributed by atoms with Gasteiger partial charge in [-0.15, -0.1) is 0 Å². The molecule has 0 heterocycles. The van der Waals surface area contributed by atoms with Crippen LogP contribution in [0.3, 0.4) is 0 Å². The number of halogens is 1. The molecule has 0 amide bonds. The number of hydrogen-bond donors (Lipinski definition) is 0. The second kappa shape index (κ2) is 4.99. The SMILES string of the molecule is CC(C)c1cc2c(cc1S(=O)(=O)Cl)C(C)(C)CCC2(C)C. The molecule has 2 rings (SSSR count). The Morgan fingerprint density at radius 1 is 1.00 bits per heavy atom. The van der Waals surface area contributed by atoms with Gasteiger partial charge in [-0.25, -0.2) is 8.42 Å². The topological polar surface area (TPSA) is 34.1 Å². The maximum Gasteiger partial charge on any atom is 0.261 e. The van der Waals surface area contributed by atoms with Gasteiger partial charge in [-0.2, -0.15) is 0 Å². The molecule has 0 aromatic heterocycles. The monoisotopic (exact) mass is 328 g/mol. The van der Waals surface area contributed by atoms with E-state index in [0.29, 0.717) is 0 Å². The zero-order chi connectivity index (χ0) is 16.2. The van der Waals surface area contributed by atoms with Crippen LogP contribution in [0.4, 0.5) is 0 Å². The molecular weight excluding hydrogens is 304 g/mol. The summed E-state index contributed by atoms with van der Waals surface area (Å²) in [6, 6.07) is 3.91. The van der Waals surface area contributed by atoms with E-state index in [-0.39, 0.29) is 21.6 Å². The average Bonchev–Trinajstić information content (AvgIpc) is 2.32. The smallest absolute Gasteiger partial charge is 0.207 e. The first-order chi connectivity index (χ1) is 9.36. The van der Waals surface area contributed by atoms with Crippen LogP contribution in [0.15, 0.2) is 17.0 Å². The molecule has 1 aliphatic rings. The van der Waals surface area contributed by atoms with Gasteiger partial charge in [-0.05, 0) is 52.3 Å². The Hall–Kier alpha value is -0.540. The van der Waals surface area contributed by atoms with Crippen LogP contribution in [0.1, 0.15) is 77.0 Å². The van der Waals surface area contributed by atoms with Gasteiger partial charge in [-0.3, -0.25) is 0 Å². The Morgan fingerprint density at radius 3 is 1.81 bits per heavy atom. The highest BCUT2D eigenvalue weighted by Crippen LogP contribution is 2.48. The molecule has 0 radical (unpaired) electrons. The molecular formula is C17H25ClO2S. The maximum absolute atomic E-state index is 12.0. The fraction of sp³-hybridized carbons (Fsp3) is 0.647. The minimum absolute atomic E-state index is 0.0172. The lowest BCUT2D eigenvalue weighted by molar-refractivity contribution is 0.330. The summed E-state index contributed by atoms with van der Waals surface area (Å²) in [6.45, 7) is 12.9. The second-order valence-corrected chi connectivity index (χ2v) is 10.3. The van der Waals surface area contributed by atoms with E-state index in [1.807, 2.05) is 19.9 Å². The largest absolute Gasteiger partial charge is 0.261 e. The Balaban J connectivity index is 2.86. The first-order valence-electron chi connectivity index (χ1n) is 7.50. The van der Waals surface area contributed by atoms with Gasteiger partial charge >= 0.3 is 0 Å². The van der Waals surface area contributed by atoms with Gasteiger partial charge in [0.05, 0.1) is 4.90 Å². The molecule has 2 nitrogen and oxygen atoms in total. The first-order valence-corrected chi connectivity index (χ1v) is 9.81. The number of fused-ring (bicyclic) bond motifs is 1. The van der Waals surface area contributed by atoms with Gasteiger partial charge in [0.25, 0.3) is 9.05 Å². The fourth-order valence-electron chi connectivity index (χ4n) is 3.27. The van der Waals surface area contributed by atoms with Gasteiger partial charge < -0.3 is 0 Å². The Labute approximate surface area is 133 Å². The zero-order valence-electron chi connectivity index (χ0n) is 13.7. The number of benzene rings is 1. The highest BCUT2D eigenvalue weighted by molar-refractivity contribution is 8.13. The molecule has 0 saturated heterocycles. The second-order valence-electron chi connectivity index (χ2n) is 7.80. The standard InChI is InChI=1S/C17H25ClO2S/c1-11(2)12-9-13-14(10-15(12)21(18,19)20)17(5,6)8-7-16(13,3)4/h9-11H,7-8H2,1-6H3. The molecule has 0 aliphatic heterocycles. The van der Waals surface area contributed by atoms with E-state index >= 15 is 0 Å². The Morgan fingerprint density at radius 2 is 1.43 bits per heavy atom. The van der Waals surface area contributed by atoms with Crippen molar-refractivity contribution >= 4 is 19.7 Å². The van der Waals surface area contributed by atoms with Crippen LogP contribution in [0.2, 0.25) is 0 Å². The predicted molar refractivity (Wildman–Crippen MR) is 88.9 cm³/mol. The summed E-state index contributed by atoms with van der Waals surface area (Å²) in [5.74, 6) is 0.125. The molecule has 0 atom stereocenters. The van der Waals surface area contributed by atoms with Crippen molar-refractivity contribution in [1.29, 1.82) is 0 Å². The third kappa shape index (κ3) is 3.00. The van der Waals surface area contributed by atoms with E-state index in [1.54, 1.807) is 0 Å². The van der Waals surface area contributed by atoms with Crippen molar-refractivity contribution in [3.8, 4) is 0 Å². The third-order valence-electron chi connectivity index (χ3n) is 4.87. The van der Waals surface area contributed by atoms with E-state index in [9.17, 15) is 8.42 Å². The van der Waals surface area contributed by atoms with Crippen molar-refractivity contribution in [3.05, 3.63) is 28.8 Å². The molecule has 1 aromatic rings. The molecule has 0 saturated carbocycles. The summed E-state index contributed by atoms with van der Waals surface area (Å²) in [5, 5.41) is 0. The summed E-state index contributed by atoms with van der Waals surface area (Å²) in [4.78, 5) is 0.281. The van der Waals surface area contributed by atoms with Gasteiger partial charge in [0.15, 0.2) is 0 Å². The predicted octanol–water partition coefficient (Wildman–Crippen LogP) is 5.09. The summed E-state index contributed by atoms with van der Waals surface area (Å²) in [6.07, 6.45) is 2.16. The van der Waals surface area contributed by atoms with Crippen LogP contribution >= 0.6 is 10.7 Å². The van der Waals surface area contributed by atoms with Crippen LogP contribution in [-0.4, -0.2) is 8.42 Å². The highest BCUT2D eigenvalue weighted by atomic mass is 35.7. The number of hydrogen-bond acceptors (Lipinski definition) is 2. The summed E-state index contributed by atoms with van der Waals surface area (Å²) in [7, 11) is 1.96. The van der Waals surface area contributed by atoms with E-state index in [4.69, 9.17) is 10.7 Å². The van der Waals surface area contributed by atoms with Crippen molar-refractivity contribution in [2.75, 3.05) is 0 Å². The third-order valence-corrected chi connectivity index (χ3v) is 6.25. The molecule has 0 N–H and O–H groups in total. The van der Waals surface area contributed by atoms with Crippen LogP contribution in [0, 0.1) is 0 Å². The Bertz CT molecular complexity index is 670. The van der Waals surface area contributed by atoms with E-state index < -0.39 is 9.05 Å². The lowest BCUT2D eigenvalue weighted by Crippen LogP contribution is -2.34. The van der Waals surface area contributed by atoms with Gasteiger partial charge in [0.2, 0.25) is 0 Å². The molecule has 21 heavy (non-hydrogen) atoms. The molecule has 1 aliphatic carbocycles. The lowest BCUT2D eigenvalue weighted by atomic mass is 9.63. The molecule has 0 bridgehead atoms. The number of rotatable bonds is 2. The van der Waals surface area contributed by atoms with Gasteiger partial charge in [-0.1, -0.05) is 47.6 Å².